The highest BCUT2D eigenvalue weighted by atomic mass is 35.5. The second kappa shape index (κ2) is 9.53. The average Bonchev–Trinajstić information content (AvgIpc) is 2.31. The lowest BCUT2D eigenvalue weighted by atomic mass is 10.2. The summed E-state index contributed by atoms with van der Waals surface area (Å²) in [5.41, 5.74) is 5.57. The molecule has 1 unspecified atom stereocenters. The molecule has 0 radical (unpaired) electrons. The van der Waals surface area contributed by atoms with E-state index in [4.69, 9.17) is 45.3 Å². The van der Waals surface area contributed by atoms with Crippen LogP contribution in [0.2, 0.25) is 15.1 Å². The van der Waals surface area contributed by atoms with E-state index in [0.717, 1.165) is 0 Å². The van der Waals surface area contributed by atoms with Crippen LogP contribution in [-0.2, 0) is 4.79 Å². The van der Waals surface area contributed by atoms with Gasteiger partial charge in [-0.15, -0.1) is 12.4 Å². The van der Waals surface area contributed by atoms with Crippen LogP contribution in [0.25, 0.3) is 0 Å². The van der Waals surface area contributed by atoms with E-state index in [9.17, 15) is 4.79 Å². The molecular formula is C12H16Cl4N2O2. The zero-order valence-electron chi connectivity index (χ0n) is 10.8. The van der Waals surface area contributed by atoms with Crippen LogP contribution in [0, 0.1) is 0 Å². The summed E-state index contributed by atoms with van der Waals surface area (Å²) in [6.45, 7) is 2.24. The van der Waals surface area contributed by atoms with E-state index in [2.05, 4.69) is 5.32 Å². The molecule has 114 valence electrons. The Morgan fingerprint density at radius 1 is 1.30 bits per heavy atom. The van der Waals surface area contributed by atoms with Crippen molar-refractivity contribution in [1.29, 1.82) is 0 Å². The van der Waals surface area contributed by atoms with Crippen LogP contribution in [0.15, 0.2) is 12.1 Å². The largest absolute Gasteiger partial charge is 0.482 e. The highest BCUT2D eigenvalue weighted by molar-refractivity contribution is 6.43. The number of ether oxygens (including phenoxy) is 1. The van der Waals surface area contributed by atoms with Gasteiger partial charge in [-0.1, -0.05) is 34.8 Å². The highest BCUT2D eigenvalue weighted by Crippen LogP contribution is 2.33. The molecule has 0 bridgehead atoms. The van der Waals surface area contributed by atoms with Gasteiger partial charge in [0.1, 0.15) is 5.75 Å². The maximum absolute atomic E-state index is 11.5. The van der Waals surface area contributed by atoms with Crippen molar-refractivity contribution in [2.45, 2.75) is 19.4 Å². The van der Waals surface area contributed by atoms with Gasteiger partial charge >= 0.3 is 0 Å². The lowest BCUT2D eigenvalue weighted by molar-refractivity contribution is -0.123. The molecule has 0 saturated carbocycles. The number of hydrogen-bond donors (Lipinski definition) is 2. The molecule has 4 nitrogen and oxygen atoms in total. The fourth-order valence-electron chi connectivity index (χ4n) is 1.25. The van der Waals surface area contributed by atoms with E-state index in [1.54, 1.807) is 0 Å². The Morgan fingerprint density at radius 3 is 2.50 bits per heavy atom. The third-order valence-electron chi connectivity index (χ3n) is 2.26. The van der Waals surface area contributed by atoms with Crippen LogP contribution in [0.1, 0.15) is 13.3 Å². The topological polar surface area (TPSA) is 64.3 Å². The predicted octanol–water partition coefficient (Wildman–Crippen LogP) is 3.30. The summed E-state index contributed by atoms with van der Waals surface area (Å²) in [5.74, 6) is 0.0706. The summed E-state index contributed by atoms with van der Waals surface area (Å²) in [7, 11) is 0. The summed E-state index contributed by atoms with van der Waals surface area (Å²) in [6, 6.07) is 2.99. The van der Waals surface area contributed by atoms with Crippen molar-refractivity contribution in [1.82, 2.24) is 5.32 Å². The van der Waals surface area contributed by atoms with Gasteiger partial charge in [-0.3, -0.25) is 4.79 Å². The van der Waals surface area contributed by atoms with Crippen LogP contribution < -0.4 is 15.8 Å². The van der Waals surface area contributed by atoms with E-state index < -0.39 is 0 Å². The maximum atomic E-state index is 11.5. The Kier molecular flexibility index (Phi) is 9.34. The van der Waals surface area contributed by atoms with Crippen molar-refractivity contribution in [2.24, 2.45) is 5.73 Å². The predicted molar refractivity (Wildman–Crippen MR) is 85.5 cm³/mol. The molecule has 8 heteroatoms. The number of hydrogen-bond acceptors (Lipinski definition) is 3. The van der Waals surface area contributed by atoms with Gasteiger partial charge in [0, 0.05) is 18.7 Å². The third kappa shape index (κ3) is 6.86. The van der Waals surface area contributed by atoms with E-state index in [1.165, 1.54) is 12.1 Å². The number of halogens is 4. The van der Waals surface area contributed by atoms with Gasteiger partial charge in [-0.2, -0.15) is 0 Å². The molecule has 0 spiro atoms. The quantitative estimate of drug-likeness (QED) is 0.764. The lowest BCUT2D eigenvalue weighted by Crippen LogP contribution is -2.32. The SMILES string of the molecule is CC(N)CCNC(=O)COc1cc(Cl)c(Cl)cc1Cl.Cl. The van der Waals surface area contributed by atoms with Crippen molar-refractivity contribution in [3.05, 3.63) is 27.2 Å². The number of nitrogens with two attached hydrogens (primary N) is 1. The number of carbonyl (C=O) groups excluding carboxylic acids is 1. The molecule has 0 aliphatic heterocycles. The number of nitrogens with one attached hydrogen (secondary N) is 1. The van der Waals surface area contributed by atoms with Gasteiger partial charge in [0.2, 0.25) is 0 Å². The number of carbonyl (C=O) groups is 1. The summed E-state index contributed by atoms with van der Waals surface area (Å²) >= 11 is 17.5. The Labute approximate surface area is 139 Å². The Bertz CT molecular complexity index is 455. The third-order valence-corrected chi connectivity index (χ3v) is 3.27. The zero-order chi connectivity index (χ0) is 14.4. The van der Waals surface area contributed by atoms with Crippen LogP contribution in [0.5, 0.6) is 5.75 Å². The fraction of sp³-hybridized carbons (Fsp3) is 0.417. The molecule has 0 fully saturated rings. The van der Waals surface area contributed by atoms with Crippen molar-refractivity contribution in [3.8, 4) is 5.75 Å². The summed E-state index contributed by atoms with van der Waals surface area (Å²) in [5, 5.41) is 3.64. The second-order valence-electron chi connectivity index (χ2n) is 4.10. The normalized spacial score (nSPS) is 11.4. The zero-order valence-corrected chi connectivity index (χ0v) is 13.9. The van der Waals surface area contributed by atoms with E-state index in [0.29, 0.717) is 33.8 Å². The molecule has 0 aliphatic carbocycles. The first-order chi connectivity index (χ1) is 8.90. The molecule has 3 N–H and O–H groups in total. The Morgan fingerprint density at radius 2 is 1.90 bits per heavy atom. The van der Waals surface area contributed by atoms with Crippen LogP contribution >= 0.6 is 47.2 Å². The molecule has 1 aromatic carbocycles. The van der Waals surface area contributed by atoms with Crippen molar-refractivity contribution in [3.63, 3.8) is 0 Å². The molecule has 1 rings (SSSR count). The molecule has 1 atom stereocenters. The van der Waals surface area contributed by atoms with Crippen molar-refractivity contribution in [2.75, 3.05) is 13.2 Å². The average molecular weight is 362 g/mol. The lowest BCUT2D eigenvalue weighted by Gasteiger charge is -2.10. The minimum atomic E-state index is -0.247. The molecule has 1 amide bonds. The van der Waals surface area contributed by atoms with Gasteiger partial charge in [0.25, 0.3) is 5.91 Å². The second-order valence-corrected chi connectivity index (χ2v) is 5.32. The molecule has 0 heterocycles. The van der Waals surface area contributed by atoms with Crippen LogP contribution in [-0.4, -0.2) is 25.1 Å². The molecular weight excluding hydrogens is 346 g/mol. The monoisotopic (exact) mass is 360 g/mol. The summed E-state index contributed by atoms with van der Waals surface area (Å²) in [4.78, 5) is 11.5. The summed E-state index contributed by atoms with van der Waals surface area (Å²) < 4.78 is 5.27. The number of amides is 1. The van der Waals surface area contributed by atoms with Crippen LogP contribution in [0.4, 0.5) is 0 Å². The molecule has 0 aromatic heterocycles. The van der Waals surface area contributed by atoms with Gasteiger partial charge in [0.05, 0.1) is 15.1 Å². The van der Waals surface area contributed by atoms with Gasteiger partial charge in [-0.05, 0) is 19.4 Å². The molecule has 0 saturated heterocycles. The molecule has 0 aliphatic rings. The maximum Gasteiger partial charge on any atom is 0.257 e. The van der Waals surface area contributed by atoms with Gasteiger partial charge < -0.3 is 15.8 Å². The number of rotatable bonds is 6. The number of benzene rings is 1. The Hall–Kier alpha value is -0.390. The molecule has 20 heavy (non-hydrogen) atoms. The first-order valence-electron chi connectivity index (χ1n) is 5.69. The molecule has 1 aromatic rings. The van der Waals surface area contributed by atoms with E-state index >= 15 is 0 Å². The summed E-state index contributed by atoms with van der Waals surface area (Å²) in [6.07, 6.45) is 0.708. The first kappa shape index (κ1) is 19.6. The minimum absolute atomic E-state index is 0. The van der Waals surface area contributed by atoms with E-state index in [1.807, 2.05) is 6.92 Å². The van der Waals surface area contributed by atoms with Gasteiger partial charge in [-0.25, -0.2) is 0 Å². The first-order valence-corrected chi connectivity index (χ1v) is 6.83. The van der Waals surface area contributed by atoms with Crippen molar-refractivity contribution >= 4 is 53.1 Å². The standard InChI is InChI=1S/C12H15Cl3N2O2.ClH/c1-7(16)2-3-17-12(18)6-19-11-5-9(14)8(13)4-10(11)15;/h4-5,7H,2-3,6,16H2,1H3,(H,17,18);1H. The van der Waals surface area contributed by atoms with Crippen LogP contribution in [0.3, 0.4) is 0 Å². The smallest absolute Gasteiger partial charge is 0.257 e. The minimum Gasteiger partial charge on any atom is -0.482 e. The highest BCUT2D eigenvalue weighted by Gasteiger charge is 2.09. The van der Waals surface area contributed by atoms with Crippen molar-refractivity contribution < 1.29 is 9.53 Å². The Balaban J connectivity index is 0.00000361. The fourth-order valence-corrected chi connectivity index (χ4v) is 1.84. The van der Waals surface area contributed by atoms with E-state index in [-0.39, 0.29) is 31.0 Å². The van der Waals surface area contributed by atoms with Gasteiger partial charge in [0.15, 0.2) is 6.61 Å².